The maximum Gasteiger partial charge on any atom is 0.161 e. The molecular formula is C21H19N5O. The Morgan fingerprint density at radius 1 is 1.11 bits per heavy atom. The standard InChI is InChI=1S/C21H19N5O/c1-13-11-22-21(16-7-5-6-15(10-16)14(2)27)26-20(13)23-12-19-24-17-8-3-4-9-18(17)25-19/h3-11H,12H2,1-2H3,(H,24,25)(H,22,23,26). The highest BCUT2D eigenvalue weighted by Gasteiger charge is 2.09. The SMILES string of the molecule is CC(=O)c1cccc(-c2ncc(C)c(NCc3nc4ccccc4[nH]3)n2)c1. The number of para-hydroxylation sites is 2. The molecule has 0 amide bonds. The van der Waals surface area contributed by atoms with Crippen LogP contribution in [0.25, 0.3) is 22.4 Å². The number of carbonyl (C=O) groups is 1. The van der Waals surface area contributed by atoms with E-state index >= 15 is 0 Å². The number of nitrogens with zero attached hydrogens (tertiary/aromatic N) is 3. The molecule has 4 rings (SSSR count). The summed E-state index contributed by atoms with van der Waals surface area (Å²) in [5.41, 5.74) is 4.35. The van der Waals surface area contributed by atoms with Gasteiger partial charge in [0.15, 0.2) is 11.6 Å². The number of Topliss-reactive ketones (excluding diaryl/α,β-unsaturated/α-hetero) is 1. The van der Waals surface area contributed by atoms with Gasteiger partial charge >= 0.3 is 0 Å². The molecular weight excluding hydrogens is 338 g/mol. The Kier molecular flexibility index (Phi) is 4.38. The number of carbonyl (C=O) groups excluding carboxylic acids is 1. The minimum Gasteiger partial charge on any atom is -0.363 e. The average Bonchev–Trinajstić information content (AvgIpc) is 3.10. The van der Waals surface area contributed by atoms with Gasteiger partial charge in [-0.05, 0) is 32.0 Å². The quantitative estimate of drug-likeness (QED) is 0.524. The van der Waals surface area contributed by atoms with Crippen LogP contribution in [0.3, 0.4) is 0 Å². The number of aryl methyl sites for hydroxylation is 1. The van der Waals surface area contributed by atoms with E-state index in [-0.39, 0.29) is 5.78 Å². The van der Waals surface area contributed by atoms with Crippen molar-refractivity contribution in [3.63, 3.8) is 0 Å². The first-order chi connectivity index (χ1) is 13.1. The maximum absolute atomic E-state index is 11.6. The number of aromatic amines is 1. The van der Waals surface area contributed by atoms with E-state index in [4.69, 9.17) is 0 Å². The van der Waals surface area contributed by atoms with Gasteiger partial charge in [-0.25, -0.2) is 15.0 Å². The van der Waals surface area contributed by atoms with Crippen molar-refractivity contribution in [3.8, 4) is 11.4 Å². The minimum absolute atomic E-state index is 0.0206. The molecule has 2 N–H and O–H groups in total. The van der Waals surface area contributed by atoms with Crippen molar-refractivity contribution < 1.29 is 4.79 Å². The Morgan fingerprint density at radius 2 is 1.96 bits per heavy atom. The highest BCUT2D eigenvalue weighted by atomic mass is 16.1. The zero-order valence-electron chi connectivity index (χ0n) is 15.2. The number of rotatable bonds is 5. The number of aromatic nitrogens is 4. The van der Waals surface area contributed by atoms with Gasteiger partial charge in [-0.1, -0.05) is 30.3 Å². The van der Waals surface area contributed by atoms with Crippen LogP contribution in [0.2, 0.25) is 0 Å². The van der Waals surface area contributed by atoms with Gasteiger partial charge in [0.05, 0.1) is 17.6 Å². The number of nitrogens with one attached hydrogen (secondary N) is 2. The average molecular weight is 357 g/mol. The summed E-state index contributed by atoms with van der Waals surface area (Å²) in [7, 11) is 0. The van der Waals surface area contributed by atoms with Crippen LogP contribution in [-0.4, -0.2) is 25.7 Å². The lowest BCUT2D eigenvalue weighted by molar-refractivity contribution is 0.101. The number of fused-ring (bicyclic) bond motifs is 1. The van der Waals surface area contributed by atoms with Crippen molar-refractivity contribution in [2.75, 3.05) is 5.32 Å². The predicted octanol–water partition coefficient (Wildman–Crippen LogP) is 4.14. The van der Waals surface area contributed by atoms with Gasteiger partial charge in [-0.15, -0.1) is 0 Å². The van der Waals surface area contributed by atoms with E-state index in [1.165, 1.54) is 0 Å². The molecule has 4 aromatic rings. The van der Waals surface area contributed by atoms with E-state index in [0.29, 0.717) is 17.9 Å². The maximum atomic E-state index is 11.6. The molecule has 0 aliphatic carbocycles. The molecule has 0 spiro atoms. The van der Waals surface area contributed by atoms with Gasteiger partial charge in [0.1, 0.15) is 11.6 Å². The molecule has 134 valence electrons. The Balaban J connectivity index is 1.59. The molecule has 2 heterocycles. The van der Waals surface area contributed by atoms with E-state index in [1.54, 1.807) is 19.2 Å². The summed E-state index contributed by atoms with van der Waals surface area (Å²) in [6.45, 7) is 4.03. The van der Waals surface area contributed by atoms with E-state index in [0.717, 1.165) is 33.8 Å². The fourth-order valence-corrected chi connectivity index (χ4v) is 2.89. The molecule has 6 nitrogen and oxygen atoms in total. The lowest BCUT2D eigenvalue weighted by Crippen LogP contribution is -2.06. The molecule has 0 aliphatic heterocycles. The van der Waals surface area contributed by atoms with Crippen molar-refractivity contribution in [2.45, 2.75) is 20.4 Å². The lowest BCUT2D eigenvalue weighted by Gasteiger charge is -2.09. The summed E-state index contributed by atoms with van der Waals surface area (Å²) in [6, 6.07) is 15.3. The number of benzene rings is 2. The summed E-state index contributed by atoms with van der Waals surface area (Å²) in [6.07, 6.45) is 1.78. The van der Waals surface area contributed by atoms with Crippen LogP contribution in [0.4, 0.5) is 5.82 Å². The number of ketones is 1. The first kappa shape index (κ1) is 16.9. The Labute approximate surface area is 156 Å². The molecule has 0 saturated carbocycles. The number of anilines is 1. The molecule has 0 atom stereocenters. The van der Waals surface area contributed by atoms with Crippen molar-refractivity contribution in [1.82, 2.24) is 19.9 Å². The third-order valence-electron chi connectivity index (χ3n) is 4.36. The van der Waals surface area contributed by atoms with E-state index in [9.17, 15) is 4.79 Å². The van der Waals surface area contributed by atoms with Gasteiger partial charge in [-0.2, -0.15) is 0 Å². The Morgan fingerprint density at radius 3 is 2.78 bits per heavy atom. The van der Waals surface area contributed by atoms with Crippen LogP contribution < -0.4 is 5.32 Å². The Bertz CT molecular complexity index is 1100. The monoisotopic (exact) mass is 357 g/mol. The van der Waals surface area contributed by atoms with Gasteiger partial charge in [0.2, 0.25) is 0 Å². The first-order valence-electron chi connectivity index (χ1n) is 8.72. The number of imidazole rings is 1. The summed E-state index contributed by atoms with van der Waals surface area (Å²) in [5, 5.41) is 3.33. The fourth-order valence-electron chi connectivity index (χ4n) is 2.89. The molecule has 0 aliphatic rings. The van der Waals surface area contributed by atoms with Gasteiger partial charge in [0.25, 0.3) is 0 Å². The van der Waals surface area contributed by atoms with Crippen LogP contribution in [0.15, 0.2) is 54.7 Å². The highest BCUT2D eigenvalue weighted by Crippen LogP contribution is 2.21. The molecule has 2 aromatic carbocycles. The number of H-pyrrole nitrogens is 1. The first-order valence-corrected chi connectivity index (χ1v) is 8.72. The minimum atomic E-state index is 0.0206. The molecule has 0 radical (unpaired) electrons. The third kappa shape index (κ3) is 3.55. The molecule has 6 heteroatoms. The second-order valence-electron chi connectivity index (χ2n) is 6.42. The van der Waals surface area contributed by atoms with Gasteiger partial charge in [0, 0.05) is 22.9 Å². The molecule has 27 heavy (non-hydrogen) atoms. The third-order valence-corrected chi connectivity index (χ3v) is 4.36. The highest BCUT2D eigenvalue weighted by molar-refractivity contribution is 5.95. The molecule has 0 fully saturated rings. The molecule has 2 aromatic heterocycles. The largest absolute Gasteiger partial charge is 0.363 e. The smallest absolute Gasteiger partial charge is 0.161 e. The molecule has 0 unspecified atom stereocenters. The van der Waals surface area contributed by atoms with Crippen LogP contribution in [-0.2, 0) is 6.54 Å². The number of hydrogen-bond donors (Lipinski definition) is 2. The van der Waals surface area contributed by atoms with Crippen LogP contribution in [0, 0.1) is 6.92 Å². The van der Waals surface area contributed by atoms with Crippen LogP contribution >= 0.6 is 0 Å². The number of hydrogen-bond acceptors (Lipinski definition) is 5. The van der Waals surface area contributed by atoms with Gasteiger partial charge in [-0.3, -0.25) is 4.79 Å². The predicted molar refractivity (Wildman–Crippen MR) is 106 cm³/mol. The topological polar surface area (TPSA) is 83.6 Å². The van der Waals surface area contributed by atoms with Crippen molar-refractivity contribution in [2.24, 2.45) is 0 Å². The summed E-state index contributed by atoms with van der Waals surface area (Å²) in [5.74, 6) is 2.19. The van der Waals surface area contributed by atoms with Crippen LogP contribution in [0.5, 0.6) is 0 Å². The molecule has 0 bridgehead atoms. The second kappa shape index (κ2) is 6.99. The van der Waals surface area contributed by atoms with Crippen molar-refractivity contribution in [3.05, 3.63) is 71.7 Å². The Hall–Kier alpha value is -3.54. The fraction of sp³-hybridized carbons (Fsp3) is 0.143. The lowest BCUT2D eigenvalue weighted by atomic mass is 10.1. The van der Waals surface area contributed by atoms with Crippen molar-refractivity contribution >= 4 is 22.6 Å². The zero-order chi connectivity index (χ0) is 18.8. The van der Waals surface area contributed by atoms with Crippen molar-refractivity contribution in [1.29, 1.82) is 0 Å². The van der Waals surface area contributed by atoms with E-state index < -0.39 is 0 Å². The van der Waals surface area contributed by atoms with E-state index in [1.807, 2.05) is 49.4 Å². The second-order valence-corrected chi connectivity index (χ2v) is 6.42. The zero-order valence-corrected chi connectivity index (χ0v) is 15.2. The summed E-state index contributed by atoms with van der Waals surface area (Å²) in [4.78, 5) is 28.5. The van der Waals surface area contributed by atoms with E-state index in [2.05, 4.69) is 25.3 Å². The van der Waals surface area contributed by atoms with Gasteiger partial charge < -0.3 is 10.3 Å². The normalized spacial score (nSPS) is 10.9. The molecule has 0 saturated heterocycles. The summed E-state index contributed by atoms with van der Waals surface area (Å²) >= 11 is 0. The summed E-state index contributed by atoms with van der Waals surface area (Å²) < 4.78 is 0. The van der Waals surface area contributed by atoms with Crippen LogP contribution in [0.1, 0.15) is 28.7 Å².